The molecule has 8 nitrogen and oxygen atoms in total. The van der Waals surface area contributed by atoms with E-state index in [4.69, 9.17) is 4.74 Å². The summed E-state index contributed by atoms with van der Waals surface area (Å²) in [5, 5.41) is 11.2. The number of nitrogens with zero attached hydrogens (tertiary/aromatic N) is 4. The minimum atomic E-state index is -0.362. The summed E-state index contributed by atoms with van der Waals surface area (Å²) in [6.45, 7) is 3.77. The molecule has 8 heteroatoms. The number of fused-ring (bicyclic) bond motifs is 1. The predicted octanol–water partition coefficient (Wildman–Crippen LogP) is 1.48. The lowest BCUT2D eigenvalue weighted by Gasteiger charge is -2.11. The Morgan fingerprint density at radius 2 is 2.04 bits per heavy atom. The van der Waals surface area contributed by atoms with Gasteiger partial charge in [-0.2, -0.15) is 10.2 Å². The maximum Gasteiger partial charge on any atom is 0.293 e. The molecular weight excluding hydrogens is 334 g/mol. The summed E-state index contributed by atoms with van der Waals surface area (Å²) in [6.07, 6.45) is 2.25. The number of hydrogen-bond donors (Lipinski definition) is 1. The fourth-order valence-electron chi connectivity index (χ4n) is 2.51. The summed E-state index contributed by atoms with van der Waals surface area (Å²) in [7, 11) is 1.60. The van der Waals surface area contributed by atoms with E-state index in [0.29, 0.717) is 11.2 Å². The van der Waals surface area contributed by atoms with Gasteiger partial charge in [0.25, 0.3) is 5.56 Å². The smallest absolute Gasteiger partial charge is 0.293 e. The predicted molar refractivity (Wildman–Crippen MR) is 97.1 cm³/mol. The monoisotopic (exact) mass is 355 g/mol. The first-order valence-corrected chi connectivity index (χ1v) is 8.41. The molecule has 0 aliphatic carbocycles. The number of carbonyl (C=O) groups is 1. The highest BCUT2D eigenvalue weighted by Gasteiger charge is 2.13. The molecule has 1 atom stereocenters. The first-order valence-electron chi connectivity index (χ1n) is 8.41. The van der Waals surface area contributed by atoms with Crippen molar-refractivity contribution in [2.75, 3.05) is 7.11 Å². The average Bonchev–Trinajstić information content (AvgIpc) is 3.09. The molecule has 2 aromatic heterocycles. The van der Waals surface area contributed by atoms with Crippen molar-refractivity contribution in [2.45, 2.75) is 32.9 Å². The number of rotatable bonds is 6. The lowest BCUT2D eigenvalue weighted by atomic mass is 10.1. The number of amides is 1. The quantitative estimate of drug-likeness (QED) is 0.723. The summed E-state index contributed by atoms with van der Waals surface area (Å²) in [4.78, 5) is 24.6. The van der Waals surface area contributed by atoms with Crippen molar-refractivity contribution in [3.8, 4) is 17.0 Å². The zero-order chi connectivity index (χ0) is 18.7. The molecule has 0 bridgehead atoms. The normalized spacial score (nSPS) is 12.1. The van der Waals surface area contributed by atoms with Crippen LogP contribution in [0, 0.1) is 0 Å². The fraction of sp³-hybridized carbons (Fsp3) is 0.333. The third-order valence-corrected chi connectivity index (χ3v) is 4.19. The second-order valence-electron chi connectivity index (χ2n) is 6.06. The number of benzene rings is 1. The lowest BCUT2D eigenvalue weighted by molar-refractivity contribution is -0.122. The Labute approximate surface area is 150 Å². The molecule has 0 aliphatic rings. The van der Waals surface area contributed by atoms with Gasteiger partial charge in [0.15, 0.2) is 0 Å². The Balaban J connectivity index is 1.89. The third kappa shape index (κ3) is 3.58. The van der Waals surface area contributed by atoms with Crippen LogP contribution < -0.4 is 15.6 Å². The molecule has 3 aromatic rings. The van der Waals surface area contributed by atoms with Gasteiger partial charge in [-0.1, -0.05) is 6.92 Å². The largest absolute Gasteiger partial charge is 0.497 e. The minimum Gasteiger partial charge on any atom is -0.497 e. The highest BCUT2D eigenvalue weighted by molar-refractivity contribution is 5.76. The summed E-state index contributed by atoms with van der Waals surface area (Å²) < 4.78 is 7.71. The van der Waals surface area contributed by atoms with E-state index in [1.807, 2.05) is 38.1 Å². The molecule has 0 radical (unpaired) electrons. The number of carbonyl (C=O) groups excluding carboxylic acids is 1. The zero-order valence-electron chi connectivity index (χ0n) is 15.0. The SMILES string of the molecule is CC[C@@H](C)NC(=O)Cn1ncn2nc(-c3ccc(OC)cc3)cc2c1=O. The Morgan fingerprint density at radius 1 is 1.31 bits per heavy atom. The van der Waals surface area contributed by atoms with Crippen LogP contribution in [0.2, 0.25) is 0 Å². The van der Waals surface area contributed by atoms with Crippen molar-refractivity contribution in [1.82, 2.24) is 24.7 Å². The van der Waals surface area contributed by atoms with Gasteiger partial charge in [-0.3, -0.25) is 9.59 Å². The van der Waals surface area contributed by atoms with Crippen molar-refractivity contribution in [1.29, 1.82) is 0 Å². The molecule has 0 unspecified atom stereocenters. The van der Waals surface area contributed by atoms with Crippen LogP contribution in [-0.2, 0) is 11.3 Å². The first kappa shape index (κ1) is 17.7. The van der Waals surface area contributed by atoms with Crippen LogP contribution in [-0.4, -0.2) is 38.5 Å². The maximum atomic E-state index is 12.6. The van der Waals surface area contributed by atoms with Crippen LogP contribution in [0.15, 0.2) is 41.5 Å². The number of hydrogen-bond acceptors (Lipinski definition) is 5. The van der Waals surface area contributed by atoms with E-state index in [0.717, 1.165) is 22.4 Å². The van der Waals surface area contributed by atoms with E-state index >= 15 is 0 Å². The van der Waals surface area contributed by atoms with Gasteiger partial charge in [0, 0.05) is 11.6 Å². The third-order valence-electron chi connectivity index (χ3n) is 4.19. The Hall–Kier alpha value is -3.16. The molecule has 0 fully saturated rings. The number of ether oxygens (including phenoxy) is 1. The van der Waals surface area contributed by atoms with Gasteiger partial charge in [0.1, 0.15) is 24.1 Å². The number of aromatic nitrogens is 4. The van der Waals surface area contributed by atoms with Crippen LogP contribution in [0.25, 0.3) is 16.8 Å². The Kier molecular flexibility index (Phi) is 5.01. The second kappa shape index (κ2) is 7.38. The van der Waals surface area contributed by atoms with Gasteiger partial charge in [0.2, 0.25) is 5.91 Å². The van der Waals surface area contributed by atoms with Gasteiger partial charge >= 0.3 is 0 Å². The van der Waals surface area contributed by atoms with Crippen molar-refractivity contribution in [3.63, 3.8) is 0 Å². The molecule has 0 saturated heterocycles. The molecule has 2 heterocycles. The van der Waals surface area contributed by atoms with Gasteiger partial charge in [-0.05, 0) is 43.7 Å². The number of nitrogens with one attached hydrogen (secondary N) is 1. The van der Waals surface area contributed by atoms with Gasteiger partial charge in [0.05, 0.1) is 12.8 Å². The molecule has 0 spiro atoms. The molecule has 26 heavy (non-hydrogen) atoms. The van der Waals surface area contributed by atoms with Crippen molar-refractivity contribution < 1.29 is 9.53 Å². The van der Waals surface area contributed by atoms with Crippen LogP contribution in [0.5, 0.6) is 5.75 Å². The van der Waals surface area contributed by atoms with E-state index in [1.165, 1.54) is 10.8 Å². The first-order chi connectivity index (χ1) is 12.5. The summed E-state index contributed by atoms with van der Waals surface area (Å²) >= 11 is 0. The second-order valence-corrected chi connectivity index (χ2v) is 6.06. The molecule has 0 aliphatic heterocycles. The molecule has 0 saturated carbocycles. The molecule has 1 N–H and O–H groups in total. The Bertz CT molecular complexity index is 975. The van der Waals surface area contributed by atoms with E-state index < -0.39 is 0 Å². The number of methoxy groups -OCH3 is 1. The molecular formula is C18H21N5O3. The summed E-state index contributed by atoms with van der Waals surface area (Å²) in [6, 6.07) is 9.14. The fourth-order valence-corrected chi connectivity index (χ4v) is 2.51. The van der Waals surface area contributed by atoms with Crippen molar-refractivity contribution in [2.24, 2.45) is 0 Å². The van der Waals surface area contributed by atoms with Gasteiger partial charge in [-0.15, -0.1) is 0 Å². The van der Waals surface area contributed by atoms with Crippen molar-refractivity contribution in [3.05, 3.63) is 47.0 Å². The lowest BCUT2D eigenvalue weighted by Crippen LogP contribution is -2.38. The summed E-state index contributed by atoms with van der Waals surface area (Å²) in [5.41, 5.74) is 1.50. The Morgan fingerprint density at radius 3 is 2.69 bits per heavy atom. The standard InChI is InChI=1S/C18H21N5O3/c1-4-12(2)20-17(24)10-22-18(25)16-9-15(21-23(16)11-19-22)13-5-7-14(26-3)8-6-13/h5-9,11-12H,4,10H2,1-3H3,(H,20,24)/t12-/m1/s1. The van der Waals surface area contributed by atoms with Crippen LogP contribution in [0.4, 0.5) is 0 Å². The molecule has 1 aromatic carbocycles. The highest BCUT2D eigenvalue weighted by atomic mass is 16.5. The minimum absolute atomic E-state index is 0.0542. The van der Waals surface area contributed by atoms with E-state index in [-0.39, 0.29) is 24.1 Å². The summed E-state index contributed by atoms with van der Waals surface area (Å²) in [5.74, 6) is 0.502. The van der Waals surface area contributed by atoms with E-state index in [9.17, 15) is 9.59 Å². The molecule has 1 amide bonds. The zero-order valence-corrected chi connectivity index (χ0v) is 15.0. The average molecular weight is 355 g/mol. The van der Waals surface area contributed by atoms with Crippen molar-refractivity contribution >= 4 is 11.4 Å². The van der Waals surface area contributed by atoms with Crippen LogP contribution in [0.3, 0.4) is 0 Å². The highest BCUT2D eigenvalue weighted by Crippen LogP contribution is 2.21. The maximum absolute atomic E-state index is 12.6. The topological polar surface area (TPSA) is 90.5 Å². The van der Waals surface area contributed by atoms with Gasteiger partial charge < -0.3 is 10.1 Å². The van der Waals surface area contributed by atoms with E-state index in [1.54, 1.807) is 13.2 Å². The van der Waals surface area contributed by atoms with Gasteiger partial charge in [-0.25, -0.2) is 9.20 Å². The molecule has 136 valence electrons. The van der Waals surface area contributed by atoms with E-state index in [2.05, 4.69) is 15.5 Å². The molecule has 3 rings (SSSR count). The van der Waals surface area contributed by atoms with Crippen LogP contribution >= 0.6 is 0 Å². The van der Waals surface area contributed by atoms with Crippen LogP contribution in [0.1, 0.15) is 20.3 Å².